The summed E-state index contributed by atoms with van der Waals surface area (Å²) in [5.41, 5.74) is -1.77. The Morgan fingerprint density at radius 3 is 1.91 bits per heavy atom. The predicted molar refractivity (Wildman–Crippen MR) is 124 cm³/mol. The molecule has 1 heterocycles. The van der Waals surface area contributed by atoms with Gasteiger partial charge in [0.15, 0.2) is 0 Å². The molecule has 0 bridgehead atoms. The Morgan fingerprint density at radius 2 is 1.28 bits per heavy atom. The molecular formula is C27H32N2O3. The van der Waals surface area contributed by atoms with E-state index in [1.165, 1.54) is 0 Å². The first-order valence-electron chi connectivity index (χ1n) is 12.1. The molecule has 168 valence electrons. The molecule has 2 aromatic carbocycles. The van der Waals surface area contributed by atoms with E-state index in [1.807, 2.05) is 48.5 Å². The molecule has 0 aromatic heterocycles. The quantitative estimate of drug-likeness (QED) is 0.762. The standard InChI is InChI=1S/C27H32N2O3/c30-24-26(19-11-4-12-20-26)28(22-15-7-2-8-16-22)25(31)27(32,21-13-5-1-6-14-21)29(24)23-17-9-3-10-18-23/h1-2,5-8,13-16,23,32H,3-4,9-12,17-20H2. The summed E-state index contributed by atoms with van der Waals surface area (Å²) in [6.07, 6.45) is 8.99. The molecule has 1 atom stereocenters. The lowest BCUT2D eigenvalue weighted by molar-refractivity contribution is -0.198. The lowest BCUT2D eigenvalue weighted by Gasteiger charge is -2.58. The zero-order valence-corrected chi connectivity index (χ0v) is 18.6. The fraction of sp³-hybridized carbons (Fsp3) is 0.481. The van der Waals surface area contributed by atoms with Crippen LogP contribution in [0, 0.1) is 0 Å². The van der Waals surface area contributed by atoms with Crippen LogP contribution in [-0.4, -0.2) is 33.4 Å². The van der Waals surface area contributed by atoms with Gasteiger partial charge in [-0.25, -0.2) is 0 Å². The van der Waals surface area contributed by atoms with E-state index in [0.717, 1.165) is 51.4 Å². The summed E-state index contributed by atoms with van der Waals surface area (Å²) in [7, 11) is 0. The van der Waals surface area contributed by atoms with Crippen LogP contribution in [0.25, 0.3) is 0 Å². The summed E-state index contributed by atoms with van der Waals surface area (Å²) in [6.45, 7) is 0. The van der Waals surface area contributed by atoms with Crippen LogP contribution in [0.5, 0.6) is 0 Å². The van der Waals surface area contributed by atoms with Crippen molar-refractivity contribution in [1.82, 2.24) is 4.90 Å². The number of nitrogens with zero attached hydrogens (tertiary/aromatic N) is 2. The zero-order chi connectivity index (χ0) is 22.2. The van der Waals surface area contributed by atoms with E-state index in [2.05, 4.69) is 0 Å². The molecule has 5 rings (SSSR count). The summed E-state index contributed by atoms with van der Waals surface area (Å²) < 4.78 is 0. The number of benzene rings is 2. The van der Waals surface area contributed by atoms with Crippen LogP contribution < -0.4 is 4.90 Å². The summed E-state index contributed by atoms with van der Waals surface area (Å²) in [6, 6.07) is 18.4. The van der Waals surface area contributed by atoms with Crippen LogP contribution in [0.15, 0.2) is 60.7 Å². The van der Waals surface area contributed by atoms with Gasteiger partial charge in [-0.1, -0.05) is 87.1 Å². The molecule has 0 radical (unpaired) electrons. The molecule has 32 heavy (non-hydrogen) atoms. The molecule has 5 heteroatoms. The maximum Gasteiger partial charge on any atom is 0.286 e. The largest absolute Gasteiger partial charge is 0.359 e. The molecule has 1 N–H and O–H groups in total. The first-order chi connectivity index (χ1) is 15.6. The lowest BCUT2D eigenvalue weighted by Crippen LogP contribution is -2.77. The maximum absolute atomic E-state index is 14.5. The summed E-state index contributed by atoms with van der Waals surface area (Å²) >= 11 is 0. The van der Waals surface area contributed by atoms with Crippen molar-refractivity contribution in [3.05, 3.63) is 66.2 Å². The highest BCUT2D eigenvalue weighted by Gasteiger charge is 2.64. The number of rotatable bonds is 3. The SMILES string of the molecule is O=C1N(C2CCCCC2)C(O)(c2ccccc2)C(=O)N(c2ccccc2)C12CCCCC2. The Balaban J connectivity index is 1.72. The maximum atomic E-state index is 14.5. The molecule has 2 aliphatic carbocycles. The topological polar surface area (TPSA) is 60.9 Å². The van der Waals surface area contributed by atoms with Gasteiger partial charge < -0.3 is 5.11 Å². The van der Waals surface area contributed by atoms with Crippen molar-refractivity contribution in [2.24, 2.45) is 0 Å². The van der Waals surface area contributed by atoms with Gasteiger partial charge in [0, 0.05) is 17.3 Å². The number of carbonyl (C=O) groups is 2. The Hall–Kier alpha value is -2.66. The smallest absolute Gasteiger partial charge is 0.286 e. The third-order valence-corrected chi connectivity index (χ3v) is 7.71. The van der Waals surface area contributed by atoms with Gasteiger partial charge in [-0.2, -0.15) is 0 Å². The van der Waals surface area contributed by atoms with Crippen molar-refractivity contribution in [3.63, 3.8) is 0 Å². The number of aliphatic hydroxyl groups is 1. The van der Waals surface area contributed by atoms with Crippen molar-refractivity contribution < 1.29 is 14.7 Å². The Kier molecular flexibility index (Phi) is 5.54. The second-order valence-electron chi connectivity index (χ2n) is 9.57. The van der Waals surface area contributed by atoms with Gasteiger partial charge in [-0.05, 0) is 37.8 Å². The minimum absolute atomic E-state index is 0.0843. The molecule has 1 spiro atoms. The molecule has 5 nitrogen and oxygen atoms in total. The highest BCUT2D eigenvalue weighted by atomic mass is 16.3. The number of hydrogen-bond donors (Lipinski definition) is 1. The van der Waals surface area contributed by atoms with Crippen molar-refractivity contribution in [3.8, 4) is 0 Å². The van der Waals surface area contributed by atoms with Crippen molar-refractivity contribution in [1.29, 1.82) is 0 Å². The molecule has 1 aliphatic heterocycles. The molecule has 2 saturated carbocycles. The third-order valence-electron chi connectivity index (χ3n) is 7.71. The predicted octanol–water partition coefficient (Wildman–Crippen LogP) is 4.74. The lowest BCUT2D eigenvalue weighted by atomic mass is 9.74. The second-order valence-corrected chi connectivity index (χ2v) is 9.57. The number of anilines is 1. The highest BCUT2D eigenvalue weighted by molar-refractivity contribution is 6.12. The van der Waals surface area contributed by atoms with Crippen molar-refractivity contribution >= 4 is 17.5 Å². The van der Waals surface area contributed by atoms with Gasteiger partial charge in [0.05, 0.1) is 0 Å². The van der Waals surface area contributed by atoms with E-state index in [4.69, 9.17) is 0 Å². The summed E-state index contributed by atoms with van der Waals surface area (Å²) in [4.78, 5) is 32.2. The Morgan fingerprint density at radius 1 is 0.719 bits per heavy atom. The van der Waals surface area contributed by atoms with Gasteiger partial charge >= 0.3 is 0 Å². The van der Waals surface area contributed by atoms with Gasteiger partial charge in [0.25, 0.3) is 11.8 Å². The molecule has 2 aromatic rings. The number of carbonyl (C=O) groups excluding carboxylic acids is 2. The average molecular weight is 433 g/mol. The molecule has 3 fully saturated rings. The van der Waals surface area contributed by atoms with Crippen LogP contribution in [0.2, 0.25) is 0 Å². The monoisotopic (exact) mass is 432 g/mol. The minimum atomic E-state index is -2.00. The van der Waals surface area contributed by atoms with Gasteiger partial charge in [-0.3, -0.25) is 19.4 Å². The van der Waals surface area contributed by atoms with Crippen LogP contribution in [-0.2, 0) is 15.3 Å². The first-order valence-corrected chi connectivity index (χ1v) is 12.1. The second kappa shape index (κ2) is 8.36. The highest BCUT2D eigenvalue weighted by Crippen LogP contribution is 2.48. The van der Waals surface area contributed by atoms with Crippen molar-refractivity contribution in [2.45, 2.75) is 81.5 Å². The van der Waals surface area contributed by atoms with E-state index in [9.17, 15) is 14.7 Å². The minimum Gasteiger partial charge on any atom is -0.359 e. The van der Waals surface area contributed by atoms with Crippen LogP contribution in [0.1, 0.15) is 69.8 Å². The molecule has 3 aliphatic rings. The van der Waals surface area contributed by atoms with Crippen LogP contribution >= 0.6 is 0 Å². The van der Waals surface area contributed by atoms with Gasteiger partial charge in [0.1, 0.15) is 5.54 Å². The fourth-order valence-electron chi connectivity index (χ4n) is 6.14. The molecule has 2 amide bonds. The van der Waals surface area contributed by atoms with E-state index < -0.39 is 17.2 Å². The van der Waals surface area contributed by atoms with Crippen LogP contribution in [0.3, 0.4) is 0 Å². The fourth-order valence-corrected chi connectivity index (χ4v) is 6.14. The van der Waals surface area contributed by atoms with Gasteiger partial charge in [0.2, 0.25) is 5.72 Å². The molecule has 1 unspecified atom stereocenters. The summed E-state index contributed by atoms with van der Waals surface area (Å²) in [5.74, 6) is -0.485. The van der Waals surface area contributed by atoms with E-state index in [0.29, 0.717) is 24.1 Å². The first kappa shape index (κ1) is 21.2. The number of piperazine rings is 1. The zero-order valence-electron chi connectivity index (χ0n) is 18.6. The Bertz CT molecular complexity index is 965. The average Bonchev–Trinajstić information content (AvgIpc) is 2.86. The molecule has 1 saturated heterocycles. The van der Waals surface area contributed by atoms with Crippen LogP contribution in [0.4, 0.5) is 5.69 Å². The molecular weight excluding hydrogens is 400 g/mol. The summed E-state index contributed by atoms with van der Waals surface area (Å²) in [5, 5.41) is 12.3. The van der Waals surface area contributed by atoms with Gasteiger partial charge in [-0.15, -0.1) is 0 Å². The normalized spacial score (nSPS) is 26.5. The number of amides is 2. The van der Waals surface area contributed by atoms with E-state index >= 15 is 0 Å². The third kappa shape index (κ3) is 3.17. The van der Waals surface area contributed by atoms with E-state index in [-0.39, 0.29) is 11.9 Å². The Labute approximate surface area is 190 Å². The van der Waals surface area contributed by atoms with Crippen molar-refractivity contribution in [2.75, 3.05) is 4.90 Å². The van der Waals surface area contributed by atoms with E-state index in [1.54, 1.807) is 21.9 Å². The number of hydrogen-bond acceptors (Lipinski definition) is 3. The number of para-hydroxylation sites is 1.